The van der Waals surface area contributed by atoms with Gasteiger partial charge in [0.25, 0.3) is 5.91 Å². The molecule has 14 heteroatoms. The summed E-state index contributed by atoms with van der Waals surface area (Å²) in [6.07, 6.45) is -4.94. The fourth-order valence-corrected chi connectivity index (χ4v) is 5.35. The van der Waals surface area contributed by atoms with Crippen LogP contribution in [0.5, 0.6) is 23.0 Å². The highest BCUT2D eigenvalue weighted by molar-refractivity contribution is 6.06. The van der Waals surface area contributed by atoms with Gasteiger partial charge < -0.3 is 53.7 Å². The number of aryl methyl sites for hydroxylation is 2. The van der Waals surface area contributed by atoms with Gasteiger partial charge >= 0.3 is 11.6 Å². The topological polar surface area (TPSA) is 199 Å². The third-order valence-corrected chi connectivity index (χ3v) is 7.74. The fourth-order valence-electron chi connectivity index (χ4n) is 5.35. The van der Waals surface area contributed by atoms with Gasteiger partial charge in [-0.2, -0.15) is 0 Å². The smallest absolute Gasteiger partial charge is 0.364 e. The summed E-state index contributed by atoms with van der Waals surface area (Å²) in [6, 6.07) is 9.96. The fraction of sp³-hybridized carbons (Fsp3) is 0.344. The Bertz CT molecular complexity index is 1860. The van der Waals surface area contributed by atoms with Crippen molar-refractivity contribution in [3.63, 3.8) is 0 Å². The van der Waals surface area contributed by atoms with Crippen molar-refractivity contribution in [3.05, 3.63) is 75.4 Å². The number of aromatic amines is 1. The van der Waals surface area contributed by atoms with Crippen molar-refractivity contribution in [2.45, 2.75) is 57.9 Å². The van der Waals surface area contributed by atoms with Gasteiger partial charge in [-0.15, -0.1) is 0 Å². The zero-order chi connectivity index (χ0) is 33.5. The van der Waals surface area contributed by atoms with Crippen molar-refractivity contribution in [2.24, 2.45) is 0 Å². The van der Waals surface area contributed by atoms with Crippen molar-refractivity contribution in [1.82, 2.24) is 4.98 Å². The van der Waals surface area contributed by atoms with Crippen molar-refractivity contribution < 1.29 is 53.0 Å². The lowest BCUT2D eigenvalue weighted by Gasteiger charge is -2.47. The van der Waals surface area contributed by atoms with Crippen molar-refractivity contribution in [2.75, 3.05) is 19.5 Å². The molecule has 4 atom stereocenters. The third-order valence-electron chi connectivity index (χ3n) is 7.74. The number of hydrogen-bond acceptors (Lipinski definition) is 12. The monoisotopic (exact) mass is 638 g/mol. The number of phenols is 1. The van der Waals surface area contributed by atoms with E-state index in [0.717, 1.165) is 5.69 Å². The number of H-pyrrole nitrogens is 1. The van der Waals surface area contributed by atoms with E-state index >= 15 is 0 Å². The highest BCUT2D eigenvalue weighted by Gasteiger charge is 2.53. The van der Waals surface area contributed by atoms with Crippen LogP contribution in [-0.2, 0) is 14.2 Å². The van der Waals surface area contributed by atoms with E-state index in [0.29, 0.717) is 0 Å². The van der Waals surface area contributed by atoms with Crippen LogP contribution in [0.1, 0.15) is 46.0 Å². The lowest BCUT2D eigenvalue weighted by molar-refractivity contribution is -0.305. The lowest BCUT2D eigenvalue weighted by atomic mass is 9.89. The number of aromatic nitrogens is 1. The number of phenolic OH excluding ortho intramolecular Hbond substituents is 1. The minimum Gasteiger partial charge on any atom is -0.505 e. The van der Waals surface area contributed by atoms with Crippen molar-refractivity contribution in [3.8, 4) is 23.0 Å². The van der Waals surface area contributed by atoms with Crippen LogP contribution in [0, 0.1) is 13.8 Å². The predicted octanol–water partition coefficient (Wildman–Crippen LogP) is 3.53. The van der Waals surface area contributed by atoms with Crippen LogP contribution in [0.2, 0.25) is 0 Å². The number of aromatic hydroxyl groups is 2. The first-order valence-electron chi connectivity index (χ1n) is 14.1. The maximum atomic E-state index is 12.9. The standard InChI is InChI=1S/C32H34N2O12/c1-14-7-10-18(33-14)29(39)45-26-24(37)31(46-32(3,4)27(26)42-6)43-20-12-9-17-23(36)22(30(40)44-25(17)15(20)2)34-28(38)16-8-11-19(35)21(13-16)41-5/h7-13,24,26-27,31,33,35-37H,1-6H3,(H,34,38)/t24-,26+,27-,31-/m1/s1. The molecule has 4 aromatic rings. The van der Waals surface area contributed by atoms with Gasteiger partial charge in [0.1, 0.15) is 23.1 Å². The SMILES string of the molecule is COc1cc(C(=O)Nc2c(O)c3ccc(O[C@@H]4OC(C)(C)[C@H](OC)[C@@H](OC(=O)c5ccc(C)[nH]5)[C@H]4O)c(C)c3oc2=O)ccc1O. The summed E-state index contributed by atoms with van der Waals surface area (Å²) < 4.78 is 33.9. The molecule has 5 N–H and O–H groups in total. The summed E-state index contributed by atoms with van der Waals surface area (Å²) in [6.45, 7) is 6.73. The molecular formula is C32H34N2O12. The molecule has 0 saturated carbocycles. The average Bonchev–Trinajstić information content (AvgIpc) is 3.45. The van der Waals surface area contributed by atoms with Crippen molar-refractivity contribution in [1.29, 1.82) is 0 Å². The van der Waals surface area contributed by atoms with Gasteiger partial charge in [-0.3, -0.25) is 4.79 Å². The number of carbonyl (C=O) groups is 2. The van der Waals surface area contributed by atoms with Crippen LogP contribution in [-0.4, -0.2) is 76.6 Å². The van der Waals surface area contributed by atoms with E-state index in [1.165, 1.54) is 44.6 Å². The first kappa shape index (κ1) is 32.3. The summed E-state index contributed by atoms with van der Waals surface area (Å²) in [5.41, 5.74) is -1.44. The van der Waals surface area contributed by atoms with Gasteiger partial charge in [0.2, 0.25) is 6.29 Å². The summed E-state index contributed by atoms with van der Waals surface area (Å²) in [7, 11) is 2.72. The van der Waals surface area contributed by atoms with E-state index in [9.17, 15) is 29.7 Å². The Morgan fingerprint density at radius 1 is 1.02 bits per heavy atom. The van der Waals surface area contributed by atoms with Gasteiger partial charge in [-0.05, 0) is 70.2 Å². The molecule has 46 heavy (non-hydrogen) atoms. The Hall–Kier alpha value is -5.05. The summed E-state index contributed by atoms with van der Waals surface area (Å²) in [5.74, 6) is -2.04. The van der Waals surface area contributed by atoms with E-state index < -0.39 is 59.1 Å². The second-order valence-corrected chi connectivity index (χ2v) is 11.3. The largest absolute Gasteiger partial charge is 0.505 e. The van der Waals surface area contributed by atoms with E-state index in [4.69, 9.17) is 28.1 Å². The number of nitrogens with one attached hydrogen (secondary N) is 2. The molecule has 14 nitrogen and oxygen atoms in total. The number of benzene rings is 2. The van der Waals surface area contributed by atoms with E-state index in [2.05, 4.69) is 10.3 Å². The molecule has 0 unspecified atom stereocenters. The van der Waals surface area contributed by atoms with Gasteiger partial charge in [0.05, 0.1) is 18.1 Å². The molecule has 1 aliphatic rings. The number of aliphatic hydroxyl groups excluding tert-OH is 1. The zero-order valence-corrected chi connectivity index (χ0v) is 25.9. The maximum absolute atomic E-state index is 12.9. The third kappa shape index (κ3) is 5.97. The molecule has 1 amide bonds. The molecule has 0 aliphatic carbocycles. The number of rotatable bonds is 8. The molecule has 2 aromatic carbocycles. The van der Waals surface area contributed by atoms with Crippen LogP contribution in [0.4, 0.5) is 5.69 Å². The second-order valence-electron chi connectivity index (χ2n) is 11.3. The Kier molecular flexibility index (Phi) is 8.71. The van der Waals surface area contributed by atoms with Crippen LogP contribution < -0.4 is 20.4 Å². The molecule has 244 valence electrons. The first-order valence-corrected chi connectivity index (χ1v) is 14.1. The maximum Gasteiger partial charge on any atom is 0.364 e. The van der Waals surface area contributed by atoms with Crippen LogP contribution in [0.25, 0.3) is 11.0 Å². The Morgan fingerprint density at radius 3 is 2.41 bits per heavy atom. The highest BCUT2D eigenvalue weighted by atomic mass is 16.7. The quantitative estimate of drug-likeness (QED) is 0.139. The second kappa shape index (κ2) is 12.4. The number of anilines is 1. The highest BCUT2D eigenvalue weighted by Crippen LogP contribution is 2.39. The number of methoxy groups -OCH3 is 2. The molecule has 0 bridgehead atoms. The average molecular weight is 639 g/mol. The normalized spacial score (nSPS) is 20.7. The number of fused-ring (bicyclic) bond motifs is 1. The van der Waals surface area contributed by atoms with Crippen LogP contribution >= 0.6 is 0 Å². The summed E-state index contributed by atoms with van der Waals surface area (Å²) in [5, 5.41) is 34.5. The molecule has 0 spiro atoms. The van der Waals surface area contributed by atoms with E-state index in [1.807, 2.05) is 0 Å². The van der Waals surface area contributed by atoms with E-state index in [1.54, 1.807) is 39.8 Å². The van der Waals surface area contributed by atoms with Crippen molar-refractivity contribution >= 4 is 28.5 Å². The van der Waals surface area contributed by atoms with Gasteiger partial charge in [-0.25, -0.2) is 9.59 Å². The van der Waals surface area contributed by atoms with E-state index in [-0.39, 0.29) is 45.0 Å². The minimum atomic E-state index is -1.51. The van der Waals surface area contributed by atoms with Gasteiger partial charge in [0.15, 0.2) is 35.1 Å². The molecule has 1 saturated heterocycles. The molecule has 1 fully saturated rings. The molecule has 2 aromatic heterocycles. The summed E-state index contributed by atoms with van der Waals surface area (Å²) >= 11 is 0. The molecule has 0 radical (unpaired) electrons. The predicted molar refractivity (Wildman–Crippen MR) is 163 cm³/mol. The van der Waals surface area contributed by atoms with Crippen LogP contribution in [0.3, 0.4) is 0 Å². The minimum absolute atomic E-state index is 0.0406. The Labute approximate surface area is 262 Å². The molecule has 5 rings (SSSR count). The molecule has 3 heterocycles. The number of amides is 1. The molecule has 1 aliphatic heterocycles. The van der Waals surface area contributed by atoms with Crippen LogP contribution in [0.15, 0.2) is 51.7 Å². The number of aliphatic hydroxyl groups is 1. The number of ether oxygens (including phenoxy) is 5. The summed E-state index contributed by atoms with van der Waals surface area (Å²) in [4.78, 5) is 41.6. The zero-order valence-electron chi connectivity index (χ0n) is 25.9. The number of hydrogen-bond donors (Lipinski definition) is 5. The number of carbonyl (C=O) groups excluding carboxylic acids is 2. The number of esters is 1. The van der Waals surface area contributed by atoms with Gasteiger partial charge in [-0.1, -0.05) is 0 Å². The first-order chi connectivity index (χ1) is 21.7. The molecular weight excluding hydrogens is 604 g/mol. The van der Waals surface area contributed by atoms with Gasteiger partial charge in [0, 0.05) is 23.9 Å². The Morgan fingerprint density at radius 2 is 1.76 bits per heavy atom. The lowest BCUT2D eigenvalue weighted by Crippen LogP contribution is -2.65. The Balaban J connectivity index is 1.42.